The largest absolute Gasteiger partial charge is 0.366 e. The van der Waals surface area contributed by atoms with E-state index in [1.165, 1.54) is 18.4 Å². The van der Waals surface area contributed by atoms with Crippen LogP contribution in [0.4, 0.5) is 0 Å². The van der Waals surface area contributed by atoms with Crippen LogP contribution in [-0.2, 0) is 0 Å². The fourth-order valence-electron chi connectivity index (χ4n) is 3.25. The van der Waals surface area contributed by atoms with Crippen molar-refractivity contribution in [1.29, 1.82) is 0 Å². The zero-order valence-electron chi connectivity index (χ0n) is 10.9. The minimum Gasteiger partial charge on any atom is -0.366 e. The minimum absolute atomic E-state index is 0.295. The molecule has 0 spiro atoms. The number of H-pyrrole nitrogens is 1. The number of carbonyl (C=O) groups is 1. The van der Waals surface area contributed by atoms with Gasteiger partial charge in [0.2, 0.25) is 0 Å². The molecule has 2 aromatic rings. The zero-order valence-corrected chi connectivity index (χ0v) is 10.9. The molecule has 3 rings (SSSR count). The minimum atomic E-state index is -0.389. The number of nitrogens with two attached hydrogens (primary N) is 2. The van der Waals surface area contributed by atoms with Gasteiger partial charge in [0.25, 0.3) is 5.91 Å². The van der Waals surface area contributed by atoms with Gasteiger partial charge in [-0.15, -0.1) is 0 Å². The van der Waals surface area contributed by atoms with Crippen LogP contribution in [0, 0.1) is 0 Å². The molecular formula is C15H19N3O. The Bertz CT molecular complexity index is 617. The molecule has 1 heterocycles. The lowest BCUT2D eigenvalue weighted by molar-refractivity contribution is 0.100. The lowest BCUT2D eigenvalue weighted by Gasteiger charge is -2.27. The lowest BCUT2D eigenvalue weighted by atomic mass is 9.80. The van der Waals surface area contributed by atoms with Crippen molar-refractivity contribution >= 4 is 16.8 Å². The quantitative estimate of drug-likeness (QED) is 0.770. The Balaban J connectivity index is 2.07. The molecule has 1 aromatic carbocycles. The monoisotopic (exact) mass is 257 g/mol. The summed E-state index contributed by atoms with van der Waals surface area (Å²) >= 11 is 0. The fraction of sp³-hybridized carbons (Fsp3) is 0.400. The van der Waals surface area contributed by atoms with Gasteiger partial charge < -0.3 is 16.5 Å². The van der Waals surface area contributed by atoms with Crippen molar-refractivity contribution in [3.8, 4) is 0 Å². The van der Waals surface area contributed by atoms with E-state index in [1.807, 2.05) is 24.4 Å². The molecule has 1 aromatic heterocycles. The highest BCUT2D eigenvalue weighted by Gasteiger charge is 2.23. The van der Waals surface area contributed by atoms with Crippen LogP contribution in [0.2, 0.25) is 0 Å². The van der Waals surface area contributed by atoms with E-state index in [1.54, 1.807) is 0 Å². The number of rotatable bonds is 2. The summed E-state index contributed by atoms with van der Waals surface area (Å²) in [5.74, 6) is 0.100. The number of amides is 1. The van der Waals surface area contributed by atoms with Crippen molar-refractivity contribution in [3.63, 3.8) is 0 Å². The Kier molecular flexibility index (Phi) is 3.03. The van der Waals surface area contributed by atoms with Crippen molar-refractivity contribution in [2.24, 2.45) is 11.5 Å². The van der Waals surface area contributed by atoms with E-state index in [4.69, 9.17) is 11.5 Å². The third-order valence-corrected chi connectivity index (χ3v) is 4.18. The summed E-state index contributed by atoms with van der Waals surface area (Å²) in [5, 5.41) is 1.11. The summed E-state index contributed by atoms with van der Waals surface area (Å²) in [4.78, 5) is 14.6. The van der Waals surface area contributed by atoms with Crippen LogP contribution in [0.1, 0.15) is 47.5 Å². The second-order valence-corrected chi connectivity index (χ2v) is 5.46. The summed E-state index contributed by atoms with van der Waals surface area (Å²) in [6.07, 6.45) is 6.35. The molecule has 0 unspecified atom stereocenters. The summed E-state index contributed by atoms with van der Waals surface area (Å²) < 4.78 is 0. The van der Waals surface area contributed by atoms with Gasteiger partial charge in [-0.1, -0.05) is 12.5 Å². The van der Waals surface area contributed by atoms with E-state index in [0.29, 0.717) is 17.5 Å². The number of aromatic nitrogens is 1. The zero-order chi connectivity index (χ0) is 13.4. The van der Waals surface area contributed by atoms with Crippen molar-refractivity contribution in [2.45, 2.75) is 37.6 Å². The van der Waals surface area contributed by atoms with Crippen molar-refractivity contribution < 1.29 is 4.79 Å². The molecule has 1 saturated carbocycles. The molecule has 0 bridgehead atoms. The summed E-state index contributed by atoms with van der Waals surface area (Å²) in [5.41, 5.74) is 14.2. The fourth-order valence-corrected chi connectivity index (χ4v) is 3.25. The lowest BCUT2D eigenvalue weighted by Crippen LogP contribution is -2.27. The van der Waals surface area contributed by atoms with Crippen LogP contribution in [0.3, 0.4) is 0 Å². The smallest absolute Gasteiger partial charge is 0.250 e. The molecule has 1 aliphatic carbocycles. The standard InChI is InChI=1S/C15H19N3O/c16-10-3-1-2-9(8-10)11-4-5-13(15(17)19)14-12(11)6-7-18-14/h4-7,9-10,18H,1-3,8,16H2,(H2,17,19)/t9-,10+/m0/s1. The highest BCUT2D eigenvalue weighted by molar-refractivity contribution is 6.05. The SMILES string of the molecule is NC(=O)c1ccc([C@H]2CCC[C@@H](N)C2)c2cc[nH]c12. The number of fused-ring (bicyclic) bond motifs is 1. The van der Waals surface area contributed by atoms with Crippen LogP contribution in [0.25, 0.3) is 10.9 Å². The van der Waals surface area contributed by atoms with Gasteiger partial charge in [-0.3, -0.25) is 4.79 Å². The molecule has 4 heteroatoms. The van der Waals surface area contributed by atoms with Crippen LogP contribution in [0.5, 0.6) is 0 Å². The second-order valence-electron chi connectivity index (χ2n) is 5.46. The van der Waals surface area contributed by atoms with E-state index in [-0.39, 0.29) is 5.91 Å². The molecule has 1 aliphatic rings. The first-order chi connectivity index (χ1) is 9.16. The van der Waals surface area contributed by atoms with Gasteiger partial charge in [0.05, 0.1) is 11.1 Å². The third kappa shape index (κ3) is 2.12. The Morgan fingerprint density at radius 3 is 2.84 bits per heavy atom. The molecule has 1 fully saturated rings. The van der Waals surface area contributed by atoms with E-state index in [2.05, 4.69) is 4.98 Å². The number of benzene rings is 1. The number of primary amides is 1. The van der Waals surface area contributed by atoms with E-state index in [0.717, 1.165) is 23.7 Å². The van der Waals surface area contributed by atoms with Gasteiger partial charge >= 0.3 is 0 Å². The first-order valence-electron chi connectivity index (χ1n) is 6.82. The molecule has 0 saturated heterocycles. The maximum absolute atomic E-state index is 11.4. The van der Waals surface area contributed by atoms with Crippen molar-refractivity contribution in [2.75, 3.05) is 0 Å². The Morgan fingerprint density at radius 1 is 1.26 bits per heavy atom. The normalized spacial score (nSPS) is 23.6. The van der Waals surface area contributed by atoms with Crippen LogP contribution >= 0.6 is 0 Å². The van der Waals surface area contributed by atoms with Gasteiger partial charge in [0.1, 0.15) is 0 Å². The molecule has 1 amide bonds. The summed E-state index contributed by atoms with van der Waals surface area (Å²) in [6.45, 7) is 0. The summed E-state index contributed by atoms with van der Waals surface area (Å²) in [7, 11) is 0. The molecule has 2 atom stereocenters. The average Bonchev–Trinajstić information content (AvgIpc) is 2.86. The third-order valence-electron chi connectivity index (χ3n) is 4.18. The molecule has 5 N–H and O–H groups in total. The molecular weight excluding hydrogens is 238 g/mol. The highest BCUT2D eigenvalue weighted by atomic mass is 16.1. The average molecular weight is 257 g/mol. The van der Waals surface area contributed by atoms with Crippen molar-refractivity contribution in [3.05, 3.63) is 35.5 Å². The van der Waals surface area contributed by atoms with Gasteiger partial charge in [0, 0.05) is 17.6 Å². The van der Waals surface area contributed by atoms with E-state index < -0.39 is 0 Å². The van der Waals surface area contributed by atoms with E-state index >= 15 is 0 Å². The van der Waals surface area contributed by atoms with Crippen LogP contribution in [0.15, 0.2) is 24.4 Å². The van der Waals surface area contributed by atoms with E-state index in [9.17, 15) is 4.79 Å². The van der Waals surface area contributed by atoms with Crippen LogP contribution < -0.4 is 11.5 Å². The topological polar surface area (TPSA) is 84.9 Å². The molecule has 19 heavy (non-hydrogen) atoms. The van der Waals surface area contributed by atoms with Gasteiger partial charge in [-0.25, -0.2) is 0 Å². The number of nitrogens with one attached hydrogen (secondary N) is 1. The van der Waals surface area contributed by atoms with Gasteiger partial charge in [0.15, 0.2) is 0 Å². The number of hydrogen-bond acceptors (Lipinski definition) is 2. The second kappa shape index (κ2) is 4.70. The summed E-state index contributed by atoms with van der Waals surface area (Å²) in [6, 6.07) is 6.19. The predicted molar refractivity (Wildman–Crippen MR) is 76.0 cm³/mol. The molecule has 0 aliphatic heterocycles. The Hall–Kier alpha value is -1.81. The number of carbonyl (C=O) groups excluding carboxylic acids is 1. The van der Waals surface area contributed by atoms with Crippen molar-refractivity contribution in [1.82, 2.24) is 4.98 Å². The first kappa shape index (κ1) is 12.2. The first-order valence-corrected chi connectivity index (χ1v) is 6.82. The van der Waals surface area contributed by atoms with Gasteiger partial charge in [-0.05, 0) is 42.9 Å². The molecule has 0 radical (unpaired) electrons. The predicted octanol–water partition coefficient (Wildman–Crippen LogP) is 2.25. The van der Waals surface area contributed by atoms with Crippen LogP contribution in [-0.4, -0.2) is 16.9 Å². The number of hydrogen-bond donors (Lipinski definition) is 3. The highest BCUT2D eigenvalue weighted by Crippen LogP contribution is 2.36. The molecule has 4 nitrogen and oxygen atoms in total. The maximum Gasteiger partial charge on any atom is 0.250 e. The molecule has 100 valence electrons. The Morgan fingerprint density at radius 2 is 2.11 bits per heavy atom. The maximum atomic E-state index is 11.4. The number of aromatic amines is 1. The Labute approximate surface area is 112 Å². The van der Waals surface area contributed by atoms with Gasteiger partial charge in [-0.2, -0.15) is 0 Å².